The Balaban J connectivity index is 1.42. The molecule has 2 heterocycles. The van der Waals surface area contributed by atoms with Crippen molar-refractivity contribution in [2.45, 2.75) is 41.5 Å². The number of benzene rings is 2. The summed E-state index contributed by atoms with van der Waals surface area (Å²) in [5.74, 6) is -7.23. The van der Waals surface area contributed by atoms with Gasteiger partial charge in [0.05, 0.1) is 23.7 Å². The summed E-state index contributed by atoms with van der Waals surface area (Å²) in [6, 6.07) is 14.0. The molecule has 0 spiro atoms. The van der Waals surface area contributed by atoms with Gasteiger partial charge in [-0.05, 0) is 30.4 Å². The van der Waals surface area contributed by atoms with E-state index in [-0.39, 0.29) is 42.8 Å². The number of fused-ring (bicyclic) bond motifs is 4. The number of likely N-dealkylation sites (tertiary alicyclic amines) is 2. The summed E-state index contributed by atoms with van der Waals surface area (Å²) < 4.78 is 5.86. The molecule has 0 aromatic heterocycles. The van der Waals surface area contributed by atoms with Crippen molar-refractivity contribution in [1.82, 2.24) is 9.80 Å². The number of hydrogen-bond donors (Lipinski definition) is 2. The van der Waals surface area contributed by atoms with Gasteiger partial charge in [-0.1, -0.05) is 64.0 Å². The number of allylic oxidation sites excluding steroid dienone is 2. The van der Waals surface area contributed by atoms with Gasteiger partial charge in [-0.2, -0.15) is 0 Å². The number of carboxylic acids is 1. The lowest BCUT2D eigenvalue weighted by atomic mass is 9.56. The molecule has 6 rings (SSSR count). The Morgan fingerprint density at radius 1 is 1.00 bits per heavy atom. The molecule has 10 nitrogen and oxygen atoms in total. The zero-order chi connectivity index (χ0) is 31.6. The smallest absolute Gasteiger partial charge is 0.305 e. The van der Waals surface area contributed by atoms with Crippen LogP contribution >= 0.6 is 39.1 Å². The molecule has 44 heavy (non-hydrogen) atoms. The van der Waals surface area contributed by atoms with Crippen molar-refractivity contribution in [2.75, 3.05) is 12.0 Å². The molecule has 1 saturated carbocycles. The third-order valence-corrected chi connectivity index (χ3v) is 11.1. The number of carbonyl (C=O) groups is 5. The number of aromatic hydroxyl groups is 1. The van der Waals surface area contributed by atoms with Gasteiger partial charge in [0.25, 0.3) is 11.8 Å². The van der Waals surface area contributed by atoms with Crippen LogP contribution in [0, 0.1) is 17.8 Å². The number of halogens is 3. The lowest BCUT2D eigenvalue weighted by Crippen LogP contribution is -2.60. The Bertz CT molecular complexity index is 1620. The lowest BCUT2D eigenvalue weighted by Gasteiger charge is -2.50. The van der Waals surface area contributed by atoms with Crippen molar-refractivity contribution < 1.29 is 38.9 Å². The number of amides is 4. The molecule has 230 valence electrons. The number of alkyl halides is 3. The Hall–Kier alpha value is -3.41. The van der Waals surface area contributed by atoms with E-state index in [2.05, 4.69) is 15.9 Å². The SMILES string of the molecule is O=C(O)CCN1C(=O)[C@H]2[C@H](CC=C3[C@H]2C[C@@]2(Cl)C(=O)N(CBr)C(=O)[C@@]2(Cl)[C@H]3c2ccc(OCc3ccccc3)cc2O)C1=O. The van der Waals surface area contributed by atoms with Gasteiger partial charge >= 0.3 is 5.97 Å². The molecule has 13 heteroatoms. The van der Waals surface area contributed by atoms with E-state index >= 15 is 0 Å². The lowest BCUT2D eigenvalue weighted by molar-refractivity contribution is -0.143. The number of phenols is 1. The van der Waals surface area contributed by atoms with Gasteiger partial charge in [0, 0.05) is 24.1 Å². The van der Waals surface area contributed by atoms with Gasteiger partial charge in [-0.25, -0.2) is 0 Å². The monoisotopic (exact) mass is 704 g/mol. The number of rotatable bonds is 8. The summed E-state index contributed by atoms with van der Waals surface area (Å²) >= 11 is 17.6. The highest BCUT2D eigenvalue weighted by molar-refractivity contribution is 9.09. The molecule has 2 saturated heterocycles. The molecule has 2 aliphatic carbocycles. The van der Waals surface area contributed by atoms with Crippen LogP contribution < -0.4 is 4.74 Å². The molecule has 0 unspecified atom stereocenters. The normalized spacial score (nSPS) is 31.0. The first-order valence-corrected chi connectivity index (χ1v) is 15.9. The molecule has 3 fully saturated rings. The topological polar surface area (TPSA) is 142 Å². The Morgan fingerprint density at radius 2 is 1.73 bits per heavy atom. The fraction of sp³-hybridized carbons (Fsp3) is 0.387. The number of carbonyl (C=O) groups excluding carboxylic acids is 4. The minimum atomic E-state index is -2.06. The van der Waals surface area contributed by atoms with Crippen LogP contribution in [0.2, 0.25) is 0 Å². The standard InChI is InChI=1S/C31H27BrCl2N2O8/c32-15-36-28(42)30(33)13-21-18(8-9-20-24(21)27(41)35(26(20)40)11-10-23(38)39)25(31(30,34)29(36)43)19-7-6-17(12-22(19)37)44-14-16-4-2-1-3-5-16/h1-8,12,20-21,24-25,37H,9-11,13-15H2,(H,38,39)/t20-,21+,24-,25+,30+,31-/m0/s1. The number of aliphatic carboxylic acids is 1. The van der Waals surface area contributed by atoms with Crippen LogP contribution in [0.25, 0.3) is 0 Å². The van der Waals surface area contributed by atoms with Crippen molar-refractivity contribution in [1.29, 1.82) is 0 Å². The van der Waals surface area contributed by atoms with E-state index < -0.39 is 69.4 Å². The van der Waals surface area contributed by atoms with Crippen molar-refractivity contribution in [3.05, 3.63) is 71.3 Å². The average molecular weight is 706 g/mol. The largest absolute Gasteiger partial charge is 0.508 e. The van der Waals surface area contributed by atoms with Gasteiger partial charge in [0.2, 0.25) is 11.8 Å². The van der Waals surface area contributed by atoms with Crippen LogP contribution in [0.4, 0.5) is 0 Å². The van der Waals surface area contributed by atoms with Gasteiger partial charge in [0.15, 0.2) is 9.75 Å². The molecule has 2 aliphatic heterocycles. The van der Waals surface area contributed by atoms with Gasteiger partial charge in [0.1, 0.15) is 18.1 Å². The summed E-state index contributed by atoms with van der Waals surface area (Å²) in [6.45, 7) is -0.0394. The molecule has 2 aromatic rings. The number of nitrogens with zero attached hydrogens (tertiary/aromatic N) is 2. The second kappa shape index (κ2) is 11.2. The molecule has 4 aliphatic rings. The van der Waals surface area contributed by atoms with Crippen molar-refractivity contribution in [3.63, 3.8) is 0 Å². The van der Waals surface area contributed by atoms with Gasteiger partial charge < -0.3 is 14.9 Å². The van der Waals surface area contributed by atoms with E-state index in [1.165, 1.54) is 6.07 Å². The molecule has 2 aromatic carbocycles. The van der Waals surface area contributed by atoms with Crippen LogP contribution in [-0.2, 0) is 30.6 Å². The molecule has 6 atom stereocenters. The van der Waals surface area contributed by atoms with Crippen molar-refractivity contribution >= 4 is 68.7 Å². The van der Waals surface area contributed by atoms with Crippen molar-refractivity contribution in [3.8, 4) is 11.5 Å². The third kappa shape index (κ3) is 4.46. The molecule has 0 bridgehead atoms. The maximum Gasteiger partial charge on any atom is 0.305 e. The number of ether oxygens (including phenoxy) is 1. The first-order valence-electron chi connectivity index (χ1n) is 14.0. The van der Waals surface area contributed by atoms with Crippen LogP contribution in [0.1, 0.15) is 36.3 Å². The quantitative estimate of drug-likeness (QED) is 0.181. The predicted octanol–water partition coefficient (Wildman–Crippen LogP) is 4.16. The predicted molar refractivity (Wildman–Crippen MR) is 161 cm³/mol. The van der Waals surface area contributed by atoms with Gasteiger partial charge in [-0.15, -0.1) is 23.2 Å². The fourth-order valence-electron chi connectivity index (χ4n) is 7.19. The maximum atomic E-state index is 13.9. The van der Waals surface area contributed by atoms with E-state index in [0.29, 0.717) is 11.3 Å². The van der Waals surface area contributed by atoms with Crippen molar-refractivity contribution in [2.24, 2.45) is 17.8 Å². The summed E-state index contributed by atoms with van der Waals surface area (Å²) in [4.78, 5) is 63.6. The van der Waals surface area contributed by atoms with Gasteiger partial charge in [-0.3, -0.25) is 33.8 Å². The van der Waals surface area contributed by atoms with Crippen LogP contribution in [0.5, 0.6) is 11.5 Å². The number of imide groups is 2. The number of carboxylic acid groups (broad SMARTS) is 1. The van der Waals surface area contributed by atoms with Crippen LogP contribution in [0.15, 0.2) is 60.2 Å². The molecule has 4 amide bonds. The van der Waals surface area contributed by atoms with E-state index in [4.69, 9.17) is 33.0 Å². The maximum absolute atomic E-state index is 13.9. The fourth-order valence-corrected chi connectivity index (χ4v) is 8.61. The van der Waals surface area contributed by atoms with E-state index in [1.54, 1.807) is 18.2 Å². The highest BCUT2D eigenvalue weighted by Gasteiger charge is 2.76. The molecular formula is C31H27BrCl2N2O8. The second-order valence-corrected chi connectivity index (χ2v) is 13.2. The number of hydrogen-bond acceptors (Lipinski definition) is 7. The van der Waals surface area contributed by atoms with Crippen LogP contribution in [-0.4, -0.2) is 71.4 Å². The zero-order valence-electron chi connectivity index (χ0n) is 23.1. The second-order valence-electron chi connectivity index (χ2n) is 11.5. The highest BCUT2D eigenvalue weighted by atomic mass is 79.9. The van der Waals surface area contributed by atoms with E-state index in [9.17, 15) is 29.1 Å². The number of phenolic OH excluding ortho intramolecular Hbond substituents is 1. The summed E-state index contributed by atoms with van der Waals surface area (Å²) in [5.41, 5.74) is 1.47. The zero-order valence-corrected chi connectivity index (χ0v) is 26.2. The summed E-state index contributed by atoms with van der Waals surface area (Å²) in [7, 11) is 0. The minimum absolute atomic E-state index is 0.132. The van der Waals surface area contributed by atoms with E-state index in [1.807, 2.05) is 30.3 Å². The first-order chi connectivity index (χ1) is 20.9. The summed E-state index contributed by atoms with van der Waals surface area (Å²) in [6.07, 6.45) is 1.26. The Kier molecular flexibility index (Phi) is 7.78. The molecule has 2 N–H and O–H groups in total. The Labute approximate surface area is 270 Å². The molecule has 0 radical (unpaired) electrons. The third-order valence-electron chi connectivity index (χ3n) is 9.22. The highest BCUT2D eigenvalue weighted by Crippen LogP contribution is 2.66. The minimum Gasteiger partial charge on any atom is -0.508 e. The van der Waals surface area contributed by atoms with E-state index in [0.717, 1.165) is 15.4 Å². The van der Waals surface area contributed by atoms with Crippen LogP contribution in [0.3, 0.4) is 0 Å². The Morgan fingerprint density at radius 3 is 2.39 bits per heavy atom. The summed E-state index contributed by atoms with van der Waals surface area (Å²) in [5, 5.41) is 20.5. The molecular weight excluding hydrogens is 679 g/mol. The first kappa shape index (κ1) is 30.6. The average Bonchev–Trinajstić information content (AvgIpc) is 3.33.